The number of para-hydroxylation sites is 2. The average molecular weight is 767 g/mol. The molecule has 0 aliphatic rings. The first-order chi connectivity index (χ1) is 28.5. The summed E-state index contributed by atoms with van der Waals surface area (Å²) >= 11 is 0. The smallest absolute Gasteiger partial charge is 0.227 e. The van der Waals surface area contributed by atoms with Crippen LogP contribution in [-0.2, 0) is 10.8 Å². The number of benzene rings is 7. The molecule has 0 unspecified atom stereocenters. The third-order valence-corrected chi connectivity index (χ3v) is 11.5. The van der Waals surface area contributed by atoms with E-state index in [0.717, 1.165) is 55.9 Å². The van der Waals surface area contributed by atoms with E-state index in [1.54, 1.807) is 0 Å². The highest BCUT2D eigenvalue weighted by Crippen LogP contribution is 2.42. The van der Waals surface area contributed by atoms with Crippen molar-refractivity contribution in [3.8, 4) is 28.3 Å². The first-order valence-electron chi connectivity index (χ1n) is 20.4. The van der Waals surface area contributed by atoms with Crippen LogP contribution < -0.4 is 4.90 Å². The molecule has 5 heteroatoms. The number of hydrogen-bond acceptors (Lipinski definition) is 4. The van der Waals surface area contributed by atoms with Gasteiger partial charge in [-0.3, -0.25) is 4.98 Å². The summed E-state index contributed by atoms with van der Waals surface area (Å²) in [4.78, 5) is 12.0. The summed E-state index contributed by atoms with van der Waals surface area (Å²) in [6, 6.07) is 58.6. The molecule has 0 aliphatic heterocycles. The second-order valence-corrected chi connectivity index (χ2v) is 17.6. The lowest BCUT2D eigenvalue weighted by Crippen LogP contribution is -2.10. The van der Waals surface area contributed by atoms with Crippen LogP contribution in [0.5, 0.6) is 0 Å². The van der Waals surface area contributed by atoms with E-state index in [1.807, 2.05) is 24.4 Å². The minimum Gasteiger partial charge on any atom is -0.436 e. The minimum atomic E-state index is 0.0401. The lowest BCUT2D eigenvalue weighted by atomic mass is 9.85. The molecule has 0 saturated carbocycles. The molecule has 7 aromatic carbocycles. The van der Waals surface area contributed by atoms with Gasteiger partial charge in [-0.2, -0.15) is 0 Å². The zero-order valence-electron chi connectivity index (χ0n) is 34.4. The summed E-state index contributed by atoms with van der Waals surface area (Å²) in [7, 11) is 0. The first-order valence-corrected chi connectivity index (χ1v) is 20.4. The number of nitrogens with zero attached hydrogens (tertiary/aromatic N) is 4. The number of hydrogen-bond donors (Lipinski definition) is 0. The Balaban J connectivity index is 1.15. The molecule has 0 N–H and O–H groups in total. The van der Waals surface area contributed by atoms with Gasteiger partial charge in [0.2, 0.25) is 5.89 Å². The minimum absolute atomic E-state index is 0.0401. The predicted octanol–water partition coefficient (Wildman–Crippen LogP) is 14.9. The van der Waals surface area contributed by atoms with Crippen LogP contribution in [0.4, 0.5) is 17.1 Å². The SMILES string of the molecule is CC(C)(C)c1ccc2c(c1)c1cc(C(C)(C)C)ccc1n2-c1ccc(-c2cc(-c3nc4c(ccc5cccnc54)o3)cc(N(c3ccccc3)c3ccccc3)c2)cc1. The molecule has 10 rings (SSSR count). The van der Waals surface area contributed by atoms with E-state index in [-0.39, 0.29) is 10.8 Å². The van der Waals surface area contributed by atoms with Gasteiger partial charge in [-0.25, -0.2) is 4.98 Å². The van der Waals surface area contributed by atoms with E-state index in [9.17, 15) is 0 Å². The second-order valence-electron chi connectivity index (χ2n) is 17.6. The van der Waals surface area contributed by atoms with Gasteiger partial charge in [-0.1, -0.05) is 108 Å². The number of rotatable bonds is 6. The monoisotopic (exact) mass is 766 g/mol. The highest BCUT2D eigenvalue weighted by molar-refractivity contribution is 6.10. The third-order valence-electron chi connectivity index (χ3n) is 11.5. The molecule has 0 amide bonds. The molecule has 10 aromatic rings. The standard InChI is InChI=1S/C54H46N4O/c1-53(2,3)39-22-26-47-45(33-39)46-34-40(54(4,5)6)23-27-48(46)58(47)43-24-19-35(20-25-43)37-30-38(52-56-51-49(59-52)28-21-36-14-13-29-55-50(36)51)32-44(31-37)57(41-15-9-7-10-16-41)42-17-11-8-12-18-42/h7-34H,1-6H3. The highest BCUT2D eigenvalue weighted by atomic mass is 16.3. The van der Waals surface area contributed by atoms with Crippen molar-refractivity contribution in [1.82, 2.24) is 14.5 Å². The van der Waals surface area contributed by atoms with Crippen molar-refractivity contribution >= 4 is 60.9 Å². The summed E-state index contributed by atoms with van der Waals surface area (Å²) in [5.74, 6) is 0.550. The fraction of sp³-hybridized carbons (Fsp3) is 0.148. The van der Waals surface area contributed by atoms with Gasteiger partial charge >= 0.3 is 0 Å². The van der Waals surface area contributed by atoms with Crippen LogP contribution in [-0.4, -0.2) is 14.5 Å². The van der Waals surface area contributed by atoms with Crippen molar-refractivity contribution in [2.75, 3.05) is 4.90 Å². The molecule has 0 atom stereocenters. The molecule has 3 heterocycles. The van der Waals surface area contributed by atoms with Crippen molar-refractivity contribution in [2.45, 2.75) is 52.4 Å². The summed E-state index contributed by atoms with van der Waals surface area (Å²) in [6.45, 7) is 13.7. The Morgan fingerprint density at radius 1 is 0.492 bits per heavy atom. The highest BCUT2D eigenvalue weighted by Gasteiger charge is 2.22. The van der Waals surface area contributed by atoms with Crippen LogP contribution in [0.1, 0.15) is 52.7 Å². The number of anilines is 3. The number of aromatic nitrogens is 3. The van der Waals surface area contributed by atoms with Crippen LogP contribution in [0.15, 0.2) is 174 Å². The lowest BCUT2D eigenvalue weighted by Gasteiger charge is -2.26. The molecular formula is C54H46N4O. The van der Waals surface area contributed by atoms with Crippen LogP contribution in [0, 0.1) is 0 Å². The normalized spacial score (nSPS) is 12.2. The second kappa shape index (κ2) is 13.8. The van der Waals surface area contributed by atoms with E-state index >= 15 is 0 Å². The molecule has 3 aromatic heterocycles. The van der Waals surface area contributed by atoms with E-state index in [0.29, 0.717) is 11.5 Å². The third kappa shape index (κ3) is 6.53. The zero-order chi connectivity index (χ0) is 40.5. The number of oxazole rings is 1. The molecule has 0 saturated heterocycles. The maximum Gasteiger partial charge on any atom is 0.227 e. The average Bonchev–Trinajstić information content (AvgIpc) is 3.84. The Morgan fingerprint density at radius 2 is 1.08 bits per heavy atom. The van der Waals surface area contributed by atoms with Gasteiger partial charge in [-0.05, 0) is 130 Å². The summed E-state index contributed by atoms with van der Waals surface area (Å²) in [5.41, 5.74) is 14.7. The van der Waals surface area contributed by atoms with E-state index in [2.05, 4.69) is 202 Å². The largest absolute Gasteiger partial charge is 0.436 e. The van der Waals surface area contributed by atoms with Crippen LogP contribution >= 0.6 is 0 Å². The Bertz CT molecular complexity index is 3050. The molecule has 0 bridgehead atoms. The Labute approximate surface area is 345 Å². The van der Waals surface area contributed by atoms with Crippen molar-refractivity contribution in [3.63, 3.8) is 0 Å². The van der Waals surface area contributed by atoms with Gasteiger partial charge in [0.15, 0.2) is 5.58 Å². The van der Waals surface area contributed by atoms with Crippen LogP contribution in [0.2, 0.25) is 0 Å². The number of fused-ring (bicyclic) bond motifs is 6. The molecule has 59 heavy (non-hydrogen) atoms. The molecule has 0 aliphatic carbocycles. The van der Waals surface area contributed by atoms with E-state index in [4.69, 9.17) is 9.40 Å². The van der Waals surface area contributed by atoms with Crippen molar-refractivity contribution in [2.24, 2.45) is 0 Å². The fourth-order valence-electron chi connectivity index (χ4n) is 8.32. The van der Waals surface area contributed by atoms with E-state index < -0.39 is 0 Å². The first kappa shape index (κ1) is 36.4. The van der Waals surface area contributed by atoms with Crippen molar-refractivity contribution in [3.05, 3.63) is 181 Å². The molecule has 5 nitrogen and oxygen atoms in total. The summed E-state index contributed by atoms with van der Waals surface area (Å²) in [6.07, 6.45) is 1.81. The maximum absolute atomic E-state index is 6.53. The lowest BCUT2D eigenvalue weighted by molar-refractivity contribution is 0.590. The molecule has 0 fully saturated rings. The quantitative estimate of drug-likeness (QED) is 0.169. The summed E-state index contributed by atoms with van der Waals surface area (Å²) < 4.78 is 8.95. The van der Waals surface area contributed by atoms with Gasteiger partial charge in [0, 0.05) is 50.7 Å². The van der Waals surface area contributed by atoms with E-state index in [1.165, 1.54) is 32.9 Å². The van der Waals surface area contributed by atoms with Crippen molar-refractivity contribution < 1.29 is 4.42 Å². The molecule has 288 valence electrons. The topological polar surface area (TPSA) is 47.1 Å². The zero-order valence-corrected chi connectivity index (χ0v) is 34.4. The van der Waals surface area contributed by atoms with Gasteiger partial charge in [0.1, 0.15) is 5.52 Å². The molecule has 0 radical (unpaired) electrons. The number of pyridine rings is 1. The molecule has 0 spiro atoms. The Hall–Kier alpha value is -6.98. The van der Waals surface area contributed by atoms with Gasteiger partial charge < -0.3 is 13.9 Å². The van der Waals surface area contributed by atoms with Crippen LogP contribution in [0.3, 0.4) is 0 Å². The maximum atomic E-state index is 6.53. The van der Waals surface area contributed by atoms with Gasteiger partial charge in [0.25, 0.3) is 0 Å². The Kier molecular flexibility index (Phi) is 8.53. The Morgan fingerprint density at radius 3 is 1.68 bits per heavy atom. The van der Waals surface area contributed by atoms with Crippen LogP contribution in [0.25, 0.3) is 72.1 Å². The van der Waals surface area contributed by atoms with Gasteiger partial charge in [-0.15, -0.1) is 0 Å². The molecular weight excluding hydrogens is 721 g/mol. The summed E-state index contributed by atoms with van der Waals surface area (Å²) in [5, 5.41) is 3.59. The van der Waals surface area contributed by atoms with Gasteiger partial charge in [0.05, 0.1) is 16.6 Å². The predicted molar refractivity (Wildman–Crippen MR) is 247 cm³/mol. The fourth-order valence-corrected chi connectivity index (χ4v) is 8.32. The van der Waals surface area contributed by atoms with Crippen molar-refractivity contribution in [1.29, 1.82) is 0 Å².